The monoisotopic (exact) mass is 366 g/mol. The number of nitrogens with one attached hydrogen (secondary N) is 1. The molecule has 5 nitrogen and oxygen atoms in total. The van der Waals surface area contributed by atoms with Gasteiger partial charge in [-0.05, 0) is 36.8 Å². The molecule has 0 aliphatic heterocycles. The Balaban J connectivity index is 2.37. The third-order valence-corrected chi connectivity index (χ3v) is 5.55. The van der Waals surface area contributed by atoms with E-state index in [1.165, 1.54) is 7.05 Å². The number of hydrogen-bond donors (Lipinski definition) is 1. The molecule has 0 bridgehead atoms. The van der Waals surface area contributed by atoms with Crippen LogP contribution >= 0.6 is 11.6 Å². The van der Waals surface area contributed by atoms with Crippen LogP contribution < -0.4 is 5.32 Å². The highest BCUT2D eigenvalue weighted by Crippen LogP contribution is 2.20. The summed E-state index contributed by atoms with van der Waals surface area (Å²) in [5, 5.41) is 2.97. The van der Waals surface area contributed by atoms with Crippen molar-refractivity contribution >= 4 is 27.5 Å². The predicted octanol–water partition coefficient (Wildman–Crippen LogP) is 2.59. The Kier molecular flexibility index (Phi) is 5.99. The maximum Gasteiger partial charge on any atom is 0.243 e. The predicted molar refractivity (Wildman–Crippen MR) is 94.3 cm³/mol. The van der Waals surface area contributed by atoms with Crippen molar-refractivity contribution in [2.24, 2.45) is 0 Å². The average Bonchev–Trinajstić information content (AvgIpc) is 2.54. The number of halogens is 1. The van der Waals surface area contributed by atoms with Crippen LogP contribution in [0.25, 0.3) is 0 Å². The molecule has 0 saturated carbocycles. The number of nitrogens with zero attached hydrogens (tertiary/aromatic N) is 1. The zero-order chi connectivity index (χ0) is 17.7. The Hall–Kier alpha value is -1.89. The van der Waals surface area contributed by atoms with E-state index in [0.717, 1.165) is 9.87 Å². The zero-order valence-electron chi connectivity index (χ0n) is 13.5. The molecule has 1 amide bonds. The zero-order valence-corrected chi connectivity index (χ0v) is 15.1. The Morgan fingerprint density at radius 1 is 1.17 bits per heavy atom. The van der Waals surface area contributed by atoms with Crippen molar-refractivity contribution in [2.75, 3.05) is 13.6 Å². The van der Waals surface area contributed by atoms with Crippen molar-refractivity contribution in [1.29, 1.82) is 0 Å². The van der Waals surface area contributed by atoms with E-state index >= 15 is 0 Å². The molecule has 0 aliphatic carbocycles. The maximum absolute atomic E-state index is 12.9. The van der Waals surface area contributed by atoms with Gasteiger partial charge in [-0.3, -0.25) is 4.79 Å². The van der Waals surface area contributed by atoms with Crippen LogP contribution in [0.1, 0.15) is 11.1 Å². The third-order valence-electron chi connectivity index (χ3n) is 3.51. The lowest BCUT2D eigenvalue weighted by atomic mass is 10.2. The molecule has 24 heavy (non-hydrogen) atoms. The van der Waals surface area contributed by atoms with E-state index in [0.29, 0.717) is 10.6 Å². The topological polar surface area (TPSA) is 66.5 Å². The largest absolute Gasteiger partial charge is 0.358 e. The van der Waals surface area contributed by atoms with Gasteiger partial charge in [0.25, 0.3) is 0 Å². The quantitative estimate of drug-likeness (QED) is 0.854. The van der Waals surface area contributed by atoms with E-state index in [2.05, 4.69) is 5.32 Å². The smallest absolute Gasteiger partial charge is 0.243 e. The Labute approximate surface area is 147 Å². The van der Waals surface area contributed by atoms with Gasteiger partial charge in [-0.1, -0.05) is 41.4 Å². The van der Waals surface area contributed by atoms with Gasteiger partial charge in [0.1, 0.15) is 0 Å². The lowest BCUT2D eigenvalue weighted by molar-refractivity contribution is -0.120. The van der Waals surface area contributed by atoms with Crippen LogP contribution in [-0.4, -0.2) is 32.2 Å². The van der Waals surface area contributed by atoms with Gasteiger partial charge in [0, 0.05) is 18.6 Å². The van der Waals surface area contributed by atoms with Crippen molar-refractivity contribution in [3.8, 4) is 0 Å². The lowest BCUT2D eigenvalue weighted by Gasteiger charge is -2.22. The summed E-state index contributed by atoms with van der Waals surface area (Å²) in [5.74, 6) is -0.382. The molecule has 1 N–H and O–H groups in total. The molecule has 0 radical (unpaired) electrons. The lowest BCUT2D eigenvalue weighted by Crippen LogP contribution is -2.39. The van der Waals surface area contributed by atoms with Crippen LogP contribution in [0.3, 0.4) is 0 Å². The van der Waals surface area contributed by atoms with E-state index in [9.17, 15) is 13.2 Å². The molecule has 7 heteroatoms. The van der Waals surface area contributed by atoms with Crippen molar-refractivity contribution in [3.63, 3.8) is 0 Å². The molecule has 0 saturated heterocycles. The van der Waals surface area contributed by atoms with Crippen LogP contribution in [0.2, 0.25) is 5.02 Å². The standard InChI is InChI=1S/C17H19ClN2O3S/c1-13-6-8-16(9-7-13)24(22,23)20(12-17(21)19-2)11-14-4-3-5-15(18)10-14/h3-10H,11-12H2,1-2H3,(H,19,21). The number of sulfonamides is 1. The normalized spacial score (nSPS) is 11.5. The molecule has 0 atom stereocenters. The number of likely N-dealkylation sites (N-methyl/N-ethyl adjacent to an activating group) is 1. The van der Waals surface area contributed by atoms with Gasteiger partial charge in [0.15, 0.2) is 0 Å². The molecule has 128 valence electrons. The fraction of sp³-hybridized carbons (Fsp3) is 0.235. The first-order valence-corrected chi connectivity index (χ1v) is 9.16. The second kappa shape index (κ2) is 7.79. The number of benzene rings is 2. The molecule has 2 aromatic rings. The highest BCUT2D eigenvalue weighted by atomic mass is 35.5. The molecule has 0 unspecified atom stereocenters. The Morgan fingerprint density at radius 3 is 2.42 bits per heavy atom. The van der Waals surface area contributed by atoms with Crippen molar-refractivity contribution in [2.45, 2.75) is 18.4 Å². The van der Waals surface area contributed by atoms with Gasteiger partial charge in [-0.2, -0.15) is 4.31 Å². The molecule has 0 heterocycles. The second-order valence-corrected chi connectivity index (χ2v) is 7.76. The van der Waals surface area contributed by atoms with Gasteiger partial charge < -0.3 is 5.32 Å². The minimum absolute atomic E-state index is 0.0597. The first-order valence-electron chi connectivity index (χ1n) is 7.35. The maximum atomic E-state index is 12.9. The molecule has 0 fully saturated rings. The van der Waals surface area contributed by atoms with Gasteiger partial charge in [0.2, 0.25) is 15.9 Å². The van der Waals surface area contributed by atoms with Gasteiger partial charge in [0.05, 0.1) is 11.4 Å². The molecule has 0 aromatic heterocycles. The summed E-state index contributed by atoms with van der Waals surface area (Å²) < 4.78 is 26.9. The second-order valence-electron chi connectivity index (χ2n) is 5.39. The minimum Gasteiger partial charge on any atom is -0.358 e. The van der Waals surface area contributed by atoms with Crippen LogP contribution in [0, 0.1) is 6.92 Å². The number of amides is 1. The van der Waals surface area contributed by atoms with E-state index in [-0.39, 0.29) is 23.9 Å². The molecular formula is C17H19ClN2O3S. The van der Waals surface area contributed by atoms with Crippen LogP contribution in [0.5, 0.6) is 0 Å². The fourth-order valence-corrected chi connectivity index (χ4v) is 3.76. The van der Waals surface area contributed by atoms with E-state index in [1.54, 1.807) is 48.5 Å². The number of rotatable bonds is 6. The summed E-state index contributed by atoms with van der Waals surface area (Å²) in [4.78, 5) is 11.9. The van der Waals surface area contributed by atoms with Crippen molar-refractivity contribution < 1.29 is 13.2 Å². The van der Waals surface area contributed by atoms with Gasteiger partial charge >= 0.3 is 0 Å². The summed E-state index contributed by atoms with van der Waals surface area (Å²) >= 11 is 5.96. The van der Waals surface area contributed by atoms with E-state index in [1.807, 2.05) is 6.92 Å². The van der Waals surface area contributed by atoms with Crippen LogP contribution in [0.4, 0.5) is 0 Å². The highest BCUT2D eigenvalue weighted by molar-refractivity contribution is 7.89. The summed E-state index contributed by atoms with van der Waals surface area (Å²) in [5.41, 5.74) is 1.67. The van der Waals surface area contributed by atoms with Crippen molar-refractivity contribution in [3.05, 3.63) is 64.7 Å². The molecular weight excluding hydrogens is 348 g/mol. The summed E-state index contributed by atoms with van der Waals surface area (Å²) in [6.07, 6.45) is 0. The molecule has 0 aliphatic rings. The van der Waals surface area contributed by atoms with E-state index in [4.69, 9.17) is 11.6 Å². The third kappa shape index (κ3) is 4.56. The summed E-state index contributed by atoms with van der Waals surface area (Å²) in [6, 6.07) is 13.4. The van der Waals surface area contributed by atoms with E-state index < -0.39 is 10.0 Å². The fourth-order valence-electron chi connectivity index (χ4n) is 2.16. The number of hydrogen-bond acceptors (Lipinski definition) is 3. The molecule has 2 aromatic carbocycles. The summed E-state index contributed by atoms with van der Waals surface area (Å²) in [7, 11) is -2.33. The SMILES string of the molecule is CNC(=O)CN(Cc1cccc(Cl)c1)S(=O)(=O)c1ccc(C)cc1. The average molecular weight is 367 g/mol. The van der Waals surface area contributed by atoms with Gasteiger partial charge in [-0.15, -0.1) is 0 Å². The number of carbonyl (C=O) groups is 1. The first-order chi connectivity index (χ1) is 11.3. The van der Waals surface area contributed by atoms with Gasteiger partial charge in [-0.25, -0.2) is 8.42 Å². The van der Waals surface area contributed by atoms with Crippen molar-refractivity contribution in [1.82, 2.24) is 9.62 Å². The molecule has 0 spiro atoms. The van der Waals surface area contributed by atoms with Crippen LogP contribution in [-0.2, 0) is 21.4 Å². The number of carbonyl (C=O) groups excluding carboxylic acids is 1. The first kappa shape index (κ1) is 18.4. The van der Waals surface area contributed by atoms with Crippen LogP contribution in [0.15, 0.2) is 53.4 Å². The summed E-state index contributed by atoms with van der Waals surface area (Å²) in [6.45, 7) is 1.67. The number of aryl methyl sites for hydroxylation is 1. The molecule has 2 rings (SSSR count). The minimum atomic E-state index is -3.80. The highest BCUT2D eigenvalue weighted by Gasteiger charge is 2.26. The Bertz CT molecular complexity index is 820. The Morgan fingerprint density at radius 2 is 1.83 bits per heavy atom.